The molecular formula is C24H21ClN2O. The maximum atomic E-state index is 6.09. The van der Waals surface area contributed by atoms with Crippen LogP contribution in [-0.2, 0) is 6.54 Å². The second kappa shape index (κ2) is 8.32. The molecule has 4 rings (SSSR count). The maximum absolute atomic E-state index is 6.09. The van der Waals surface area contributed by atoms with Gasteiger partial charge in [0.2, 0.25) is 0 Å². The molecule has 0 amide bonds. The van der Waals surface area contributed by atoms with Gasteiger partial charge in [0.1, 0.15) is 18.2 Å². The molecule has 4 aromatic rings. The molecule has 28 heavy (non-hydrogen) atoms. The number of fused-ring (bicyclic) bond motifs is 1. The van der Waals surface area contributed by atoms with E-state index >= 15 is 0 Å². The monoisotopic (exact) mass is 388 g/mol. The van der Waals surface area contributed by atoms with Crippen LogP contribution in [0.4, 0.5) is 0 Å². The zero-order chi connectivity index (χ0) is 19.3. The number of rotatable bonds is 6. The van der Waals surface area contributed by atoms with Gasteiger partial charge in [0, 0.05) is 5.02 Å². The number of hydrogen-bond donors (Lipinski definition) is 0. The lowest BCUT2D eigenvalue weighted by molar-refractivity contribution is 0.299. The Hall–Kier alpha value is -3.04. The first-order valence-corrected chi connectivity index (χ1v) is 9.66. The van der Waals surface area contributed by atoms with Gasteiger partial charge in [-0.2, -0.15) is 0 Å². The van der Waals surface area contributed by atoms with Crippen LogP contribution in [0.25, 0.3) is 23.2 Å². The van der Waals surface area contributed by atoms with Crippen molar-refractivity contribution in [1.29, 1.82) is 0 Å². The Morgan fingerprint density at radius 2 is 1.75 bits per heavy atom. The van der Waals surface area contributed by atoms with E-state index in [0.717, 1.165) is 38.8 Å². The van der Waals surface area contributed by atoms with Gasteiger partial charge in [-0.3, -0.25) is 0 Å². The summed E-state index contributed by atoms with van der Waals surface area (Å²) in [5.74, 6) is 1.74. The number of aryl methyl sites for hydroxylation is 1. The summed E-state index contributed by atoms with van der Waals surface area (Å²) in [6, 6.07) is 24.1. The van der Waals surface area contributed by atoms with E-state index in [-0.39, 0.29) is 0 Å². The van der Waals surface area contributed by atoms with E-state index < -0.39 is 0 Å². The van der Waals surface area contributed by atoms with E-state index in [0.29, 0.717) is 13.2 Å². The largest absolute Gasteiger partial charge is 0.492 e. The molecule has 3 nitrogen and oxygen atoms in total. The molecule has 3 aromatic carbocycles. The van der Waals surface area contributed by atoms with E-state index in [2.05, 4.69) is 34.9 Å². The number of ether oxygens (including phenoxy) is 1. The molecule has 0 fully saturated rings. The molecule has 0 bridgehead atoms. The van der Waals surface area contributed by atoms with Crippen molar-refractivity contribution in [3.05, 3.63) is 94.8 Å². The fourth-order valence-electron chi connectivity index (χ4n) is 3.15. The average molecular weight is 389 g/mol. The molecule has 0 saturated carbocycles. The van der Waals surface area contributed by atoms with Crippen LogP contribution in [0.3, 0.4) is 0 Å². The molecule has 0 radical (unpaired) electrons. The van der Waals surface area contributed by atoms with E-state index in [9.17, 15) is 0 Å². The molecule has 0 unspecified atom stereocenters. The van der Waals surface area contributed by atoms with Crippen LogP contribution in [-0.4, -0.2) is 16.2 Å². The van der Waals surface area contributed by atoms with Crippen LogP contribution in [0.2, 0.25) is 5.02 Å². The predicted molar refractivity (Wildman–Crippen MR) is 117 cm³/mol. The first-order chi connectivity index (χ1) is 13.7. The molecule has 0 aliphatic carbocycles. The Morgan fingerprint density at radius 1 is 0.964 bits per heavy atom. The number of halogens is 1. The van der Waals surface area contributed by atoms with Gasteiger partial charge in [-0.15, -0.1) is 0 Å². The number of aromatic nitrogens is 2. The molecule has 140 valence electrons. The standard InChI is InChI=1S/C24H21ClN2O/c1-18-17-20(12-13-21(18)25)28-16-15-27-23-10-6-5-9-22(23)26-24(27)14-11-19-7-3-2-4-8-19/h2-14,17H,15-16H2,1H3/b14-11+. The normalized spacial score (nSPS) is 11.4. The third-order valence-corrected chi connectivity index (χ3v) is 5.05. The molecule has 0 saturated heterocycles. The number of para-hydroxylation sites is 2. The summed E-state index contributed by atoms with van der Waals surface area (Å²) in [5, 5.41) is 0.751. The van der Waals surface area contributed by atoms with Gasteiger partial charge in [0.15, 0.2) is 0 Å². The van der Waals surface area contributed by atoms with Gasteiger partial charge >= 0.3 is 0 Å². The molecule has 0 N–H and O–H groups in total. The van der Waals surface area contributed by atoms with E-state index in [4.69, 9.17) is 21.3 Å². The van der Waals surface area contributed by atoms with Crippen LogP contribution in [0.15, 0.2) is 72.8 Å². The second-order valence-electron chi connectivity index (χ2n) is 6.61. The van der Waals surface area contributed by atoms with Crippen molar-refractivity contribution in [2.24, 2.45) is 0 Å². The molecule has 0 aliphatic rings. The van der Waals surface area contributed by atoms with Crippen molar-refractivity contribution >= 4 is 34.8 Å². The number of hydrogen-bond acceptors (Lipinski definition) is 2. The fourth-order valence-corrected chi connectivity index (χ4v) is 3.27. The van der Waals surface area contributed by atoms with Gasteiger partial charge < -0.3 is 9.30 Å². The Morgan fingerprint density at radius 3 is 2.57 bits per heavy atom. The summed E-state index contributed by atoms with van der Waals surface area (Å²) >= 11 is 6.09. The highest BCUT2D eigenvalue weighted by molar-refractivity contribution is 6.31. The predicted octanol–water partition coefficient (Wildman–Crippen LogP) is 6.25. The molecule has 1 aromatic heterocycles. The topological polar surface area (TPSA) is 27.1 Å². The molecule has 0 spiro atoms. The molecule has 1 heterocycles. The minimum atomic E-state index is 0.549. The highest BCUT2D eigenvalue weighted by atomic mass is 35.5. The van der Waals surface area contributed by atoms with Crippen molar-refractivity contribution < 1.29 is 4.74 Å². The fraction of sp³-hybridized carbons (Fsp3) is 0.125. The van der Waals surface area contributed by atoms with Gasteiger partial charge in [0.05, 0.1) is 17.6 Å². The summed E-state index contributed by atoms with van der Waals surface area (Å²) in [7, 11) is 0. The molecule has 4 heteroatoms. The van der Waals surface area contributed by atoms with Gasteiger partial charge in [-0.25, -0.2) is 4.98 Å². The Balaban J connectivity index is 1.56. The molecule has 0 aliphatic heterocycles. The van der Waals surface area contributed by atoms with Crippen LogP contribution < -0.4 is 4.74 Å². The summed E-state index contributed by atoms with van der Waals surface area (Å²) in [5.41, 5.74) is 4.25. The zero-order valence-electron chi connectivity index (χ0n) is 15.7. The highest BCUT2D eigenvalue weighted by Gasteiger charge is 2.08. The van der Waals surface area contributed by atoms with E-state index in [1.165, 1.54) is 0 Å². The van der Waals surface area contributed by atoms with Crippen LogP contribution >= 0.6 is 11.6 Å². The summed E-state index contributed by atoms with van der Waals surface area (Å²) in [6.07, 6.45) is 4.14. The quantitative estimate of drug-likeness (QED) is 0.390. The summed E-state index contributed by atoms with van der Waals surface area (Å²) < 4.78 is 8.14. The van der Waals surface area contributed by atoms with Crippen molar-refractivity contribution in [2.75, 3.05) is 6.61 Å². The lowest BCUT2D eigenvalue weighted by atomic mass is 10.2. The summed E-state index contributed by atoms with van der Waals surface area (Å²) in [4.78, 5) is 4.78. The smallest absolute Gasteiger partial charge is 0.133 e. The van der Waals surface area contributed by atoms with Gasteiger partial charge in [-0.05, 0) is 54.5 Å². The van der Waals surface area contributed by atoms with Crippen LogP contribution in [0.5, 0.6) is 5.75 Å². The third-order valence-electron chi connectivity index (χ3n) is 4.62. The lowest BCUT2D eigenvalue weighted by Crippen LogP contribution is -2.09. The Labute approximate surface area is 169 Å². The average Bonchev–Trinajstić information content (AvgIpc) is 3.07. The van der Waals surface area contributed by atoms with Crippen LogP contribution in [0, 0.1) is 6.92 Å². The maximum Gasteiger partial charge on any atom is 0.133 e. The van der Waals surface area contributed by atoms with Crippen molar-refractivity contribution in [1.82, 2.24) is 9.55 Å². The SMILES string of the molecule is Cc1cc(OCCn2c(/C=C/c3ccccc3)nc3ccccc32)ccc1Cl. The van der Waals surface area contributed by atoms with E-state index in [1.54, 1.807) is 0 Å². The van der Waals surface area contributed by atoms with Gasteiger partial charge in [-0.1, -0.05) is 60.1 Å². The first kappa shape index (κ1) is 18.3. The minimum Gasteiger partial charge on any atom is -0.492 e. The Bertz CT molecular complexity index is 1120. The minimum absolute atomic E-state index is 0.549. The van der Waals surface area contributed by atoms with Crippen molar-refractivity contribution in [3.8, 4) is 5.75 Å². The Kier molecular flexibility index (Phi) is 5.45. The van der Waals surface area contributed by atoms with Crippen molar-refractivity contribution in [2.45, 2.75) is 13.5 Å². The molecule has 0 atom stereocenters. The van der Waals surface area contributed by atoms with Crippen LogP contribution in [0.1, 0.15) is 17.0 Å². The number of imidazole rings is 1. The summed E-state index contributed by atoms with van der Waals surface area (Å²) in [6.45, 7) is 3.23. The van der Waals surface area contributed by atoms with Crippen molar-refractivity contribution in [3.63, 3.8) is 0 Å². The lowest BCUT2D eigenvalue weighted by Gasteiger charge is -2.10. The second-order valence-corrected chi connectivity index (χ2v) is 7.02. The third kappa shape index (κ3) is 4.10. The first-order valence-electron chi connectivity index (χ1n) is 9.28. The zero-order valence-corrected chi connectivity index (χ0v) is 16.4. The van der Waals surface area contributed by atoms with Gasteiger partial charge in [0.25, 0.3) is 0 Å². The number of benzene rings is 3. The van der Waals surface area contributed by atoms with E-state index in [1.807, 2.05) is 61.5 Å². The molecular weight excluding hydrogens is 368 g/mol. The number of nitrogens with zero attached hydrogens (tertiary/aromatic N) is 2. The highest BCUT2D eigenvalue weighted by Crippen LogP contribution is 2.22.